The fourth-order valence-electron chi connectivity index (χ4n) is 4.47. The minimum atomic E-state index is -1.32. The summed E-state index contributed by atoms with van der Waals surface area (Å²) in [6.07, 6.45) is -0.960. The number of hydrogen-bond acceptors (Lipinski definition) is 7. The molecule has 1 aromatic heterocycles. The van der Waals surface area contributed by atoms with E-state index in [1.54, 1.807) is 12.1 Å². The van der Waals surface area contributed by atoms with E-state index in [9.17, 15) is 14.4 Å². The van der Waals surface area contributed by atoms with E-state index in [-0.39, 0.29) is 5.91 Å². The number of imide groups is 1. The van der Waals surface area contributed by atoms with Gasteiger partial charge in [0.05, 0.1) is 11.1 Å². The standard InChI is InChI=1S/C24H23N3O5S/c1-4-24(5-2)20(29)27(21(24)33-22-25-16-8-6-7-9-17(16)31-22)19-18(28)26(23(30)32-19)15-12-10-14(3)11-13-15/h6-13,19,21H,4-5H2,1-3H3/t19-,21-/m0/s1. The van der Waals surface area contributed by atoms with Gasteiger partial charge in [-0.25, -0.2) is 14.7 Å². The van der Waals surface area contributed by atoms with Crippen LogP contribution in [0.4, 0.5) is 10.5 Å². The molecule has 3 aromatic rings. The average Bonchev–Trinajstić information content (AvgIpc) is 3.35. The monoisotopic (exact) mass is 465 g/mol. The molecule has 2 aliphatic heterocycles. The molecule has 2 atom stereocenters. The number of oxazole rings is 1. The Morgan fingerprint density at radius 2 is 1.73 bits per heavy atom. The van der Waals surface area contributed by atoms with Gasteiger partial charge in [-0.2, -0.15) is 0 Å². The van der Waals surface area contributed by atoms with Gasteiger partial charge in [-0.1, -0.05) is 43.7 Å². The van der Waals surface area contributed by atoms with Crippen molar-refractivity contribution >= 4 is 46.5 Å². The lowest BCUT2D eigenvalue weighted by Gasteiger charge is -2.55. The van der Waals surface area contributed by atoms with Gasteiger partial charge >= 0.3 is 6.09 Å². The predicted octanol–water partition coefficient (Wildman–Crippen LogP) is 4.71. The summed E-state index contributed by atoms with van der Waals surface area (Å²) in [5, 5.41) is -0.0649. The first-order valence-corrected chi connectivity index (χ1v) is 11.7. The van der Waals surface area contributed by atoms with Gasteiger partial charge in [0.1, 0.15) is 10.9 Å². The number of aromatic nitrogens is 1. The fraction of sp³-hybridized carbons (Fsp3) is 0.333. The third-order valence-corrected chi connectivity index (χ3v) is 7.78. The summed E-state index contributed by atoms with van der Waals surface area (Å²) in [6.45, 7) is 5.80. The van der Waals surface area contributed by atoms with Crippen molar-refractivity contribution in [2.45, 2.75) is 50.4 Å². The van der Waals surface area contributed by atoms with E-state index in [1.165, 1.54) is 16.7 Å². The number of anilines is 1. The second kappa shape index (κ2) is 7.91. The summed E-state index contributed by atoms with van der Waals surface area (Å²) < 4.78 is 11.3. The molecule has 0 spiro atoms. The van der Waals surface area contributed by atoms with Crippen molar-refractivity contribution in [3.05, 3.63) is 54.1 Å². The number of carbonyl (C=O) groups is 3. The second-order valence-electron chi connectivity index (χ2n) is 8.24. The van der Waals surface area contributed by atoms with E-state index < -0.39 is 29.0 Å². The van der Waals surface area contributed by atoms with Crippen LogP contribution in [-0.4, -0.2) is 39.4 Å². The molecule has 0 N–H and O–H groups in total. The van der Waals surface area contributed by atoms with Crippen molar-refractivity contribution in [2.24, 2.45) is 5.41 Å². The number of hydrogen-bond donors (Lipinski definition) is 0. The SMILES string of the molecule is CCC1(CC)C(=O)N([C@H]2OC(=O)N(c3ccc(C)cc3)C2=O)[C@H]1Sc1nc2ccccc2o1. The Morgan fingerprint density at radius 3 is 2.39 bits per heavy atom. The molecule has 0 bridgehead atoms. The molecule has 3 amide bonds. The first-order chi connectivity index (χ1) is 15.9. The lowest BCUT2D eigenvalue weighted by Crippen LogP contribution is -2.71. The molecule has 8 nitrogen and oxygen atoms in total. The van der Waals surface area contributed by atoms with Crippen molar-refractivity contribution in [2.75, 3.05) is 4.90 Å². The van der Waals surface area contributed by atoms with E-state index in [4.69, 9.17) is 9.15 Å². The Hall–Kier alpha value is -3.33. The Balaban J connectivity index is 1.46. The molecule has 2 aliphatic rings. The van der Waals surface area contributed by atoms with Gasteiger partial charge in [-0.3, -0.25) is 14.5 Å². The Kier molecular flexibility index (Phi) is 5.16. The van der Waals surface area contributed by atoms with Crippen LogP contribution in [0.15, 0.2) is 58.2 Å². The number of carbonyl (C=O) groups excluding carboxylic acids is 3. The van der Waals surface area contributed by atoms with Crippen LogP contribution in [0.2, 0.25) is 0 Å². The molecule has 2 aromatic carbocycles. The van der Waals surface area contributed by atoms with Gasteiger partial charge in [0.2, 0.25) is 5.91 Å². The molecule has 0 aliphatic carbocycles. The zero-order valence-corrected chi connectivity index (χ0v) is 19.3. The number of benzene rings is 2. The minimum Gasteiger partial charge on any atom is -0.431 e. The number of rotatable bonds is 6. The number of fused-ring (bicyclic) bond motifs is 1. The number of nitrogens with zero attached hydrogens (tertiary/aromatic N) is 3. The van der Waals surface area contributed by atoms with Crippen LogP contribution in [0, 0.1) is 12.3 Å². The van der Waals surface area contributed by atoms with Crippen LogP contribution >= 0.6 is 11.8 Å². The third kappa shape index (κ3) is 3.21. The van der Waals surface area contributed by atoms with Crippen molar-refractivity contribution in [1.82, 2.24) is 9.88 Å². The molecule has 2 saturated heterocycles. The van der Waals surface area contributed by atoms with E-state index in [0.29, 0.717) is 34.9 Å². The number of para-hydroxylation sites is 2. The number of amides is 3. The maximum absolute atomic E-state index is 13.3. The van der Waals surface area contributed by atoms with E-state index in [0.717, 1.165) is 10.5 Å². The van der Waals surface area contributed by atoms with Crippen LogP contribution in [0.25, 0.3) is 11.1 Å². The zero-order chi connectivity index (χ0) is 23.3. The lowest BCUT2D eigenvalue weighted by molar-refractivity contribution is -0.182. The van der Waals surface area contributed by atoms with Gasteiger partial charge in [0.25, 0.3) is 17.4 Å². The van der Waals surface area contributed by atoms with Gasteiger partial charge in [-0.15, -0.1) is 0 Å². The van der Waals surface area contributed by atoms with Crippen LogP contribution < -0.4 is 4.90 Å². The number of aryl methyl sites for hydroxylation is 1. The molecule has 5 rings (SSSR count). The first-order valence-electron chi connectivity index (χ1n) is 10.9. The largest absolute Gasteiger partial charge is 0.431 e. The van der Waals surface area contributed by atoms with Gasteiger partial charge in [0.15, 0.2) is 5.58 Å². The highest BCUT2D eigenvalue weighted by molar-refractivity contribution is 7.99. The number of β-lactam (4-membered cyclic amide) rings is 1. The highest BCUT2D eigenvalue weighted by Crippen LogP contribution is 2.53. The molecule has 9 heteroatoms. The minimum absolute atomic E-state index is 0.210. The predicted molar refractivity (Wildman–Crippen MR) is 122 cm³/mol. The van der Waals surface area contributed by atoms with Gasteiger partial charge in [0, 0.05) is 0 Å². The number of ether oxygens (including phenoxy) is 1. The maximum atomic E-state index is 13.3. The molecule has 2 fully saturated rings. The maximum Gasteiger partial charge on any atom is 0.423 e. The van der Waals surface area contributed by atoms with Crippen molar-refractivity contribution < 1.29 is 23.5 Å². The molecule has 3 heterocycles. The highest BCUT2D eigenvalue weighted by Gasteiger charge is 2.65. The third-order valence-electron chi connectivity index (χ3n) is 6.51. The lowest BCUT2D eigenvalue weighted by atomic mass is 9.73. The van der Waals surface area contributed by atoms with Crippen LogP contribution in [-0.2, 0) is 14.3 Å². The zero-order valence-electron chi connectivity index (χ0n) is 18.5. The summed E-state index contributed by atoms with van der Waals surface area (Å²) in [4.78, 5) is 46.1. The topological polar surface area (TPSA) is 93.0 Å². The first kappa shape index (κ1) is 21.5. The molecule has 0 radical (unpaired) electrons. The molecule has 0 saturated carbocycles. The van der Waals surface area contributed by atoms with Crippen molar-refractivity contribution in [3.63, 3.8) is 0 Å². The summed E-state index contributed by atoms with van der Waals surface area (Å²) in [5.41, 5.74) is 2.06. The average molecular weight is 466 g/mol. The van der Waals surface area contributed by atoms with Crippen molar-refractivity contribution in [1.29, 1.82) is 0 Å². The van der Waals surface area contributed by atoms with Crippen LogP contribution in [0.5, 0.6) is 0 Å². The number of thioether (sulfide) groups is 1. The molecule has 170 valence electrons. The normalized spacial score (nSPS) is 22.1. The summed E-state index contributed by atoms with van der Waals surface area (Å²) in [7, 11) is 0. The molecule has 33 heavy (non-hydrogen) atoms. The Bertz CT molecular complexity index is 1220. The summed E-state index contributed by atoms with van der Waals surface area (Å²) in [6, 6.07) is 14.4. The van der Waals surface area contributed by atoms with Crippen LogP contribution in [0.1, 0.15) is 32.3 Å². The fourth-order valence-corrected chi connectivity index (χ4v) is 5.93. The van der Waals surface area contributed by atoms with Crippen LogP contribution in [0.3, 0.4) is 0 Å². The highest BCUT2D eigenvalue weighted by atomic mass is 32.2. The summed E-state index contributed by atoms with van der Waals surface area (Å²) >= 11 is 1.28. The van der Waals surface area contributed by atoms with E-state index in [2.05, 4.69) is 4.98 Å². The quantitative estimate of drug-likeness (QED) is 0.487. The van der Waals surface area contributed by atoms with E-state index in [1.807, 2.05) is 57.2 Å². The van der Waals surface area contributed by atoms with Gasteiger partial charge < -0.3 is 9.15 Å². The Labute approximate surface area is 194 Å². The molecule has 0 unspecified atom stereocenters. The van der Waals surface area contributed by atoms with E-state index >= 15 is 0 Å². The number of likely N-dealkylation sites (tertiary alicyclic amines) is 1. The smallest absolute Gasteiger partial charge is 0.423 e. The Morgan fingerprint density at radius 1 is 1.03 bits per heavy atom. The number of cyclic esters (lactones) is 1. The van der Waals surface area contributed by atoms with Crippen molar-refractivity contribution in [3.8, 4) is 0 Å². The van der Waals surface area contributed by atoms with Gasteiger partial charge in [-0.05, 0) is 55.8 Å². The summed E-state index contributed by atoms with van der Waals surface area (Å²) in [5.74, 6) is -0.792. The molecular weight excluding hydrogens is 442 g/mol. The molecular formula is C24H23N3O5S. The second-order valence-corrected chi connectivity index (χ2v) is 9.27.